The number of benzene rings is 1. The van der Waals surface area contributed by atoms with Crippen molar-refractivity contribution < 1.29 is 18.0 Å². The predicted molar refractivity (Wildman–Crippen MR) is 122 cm³/mol. The molecule has 0 saturated heterocycles. The van der Waals surface area contributed by atoms with Crippen molar-refractivity contribution in [3.63, 3.8) is 0 Å². The molecular weight excluding hydrogens is 423 g/mol. The van der Waals surface area contributed by atoms with Gasteiger partial charge in [0.15, 0.2) is 5.01 Å². The average molecular weight is 456 g/mol. The SMILES string of the molecule is CC.Cc1cc(N2CCc3sc(C(F)(F)F)nc3C2)cc(C)c1NC(=O)CC(C)(C)C. The molecule has 0 bridgehead atoms. The first-order chi connectivity index (χ1) is 14.3. The summed E-state index contributed by atoms with van der Waals surface area (Å²) in [5, 5.41) is 2.24. The fourth-order valence-corrected chi connectivity index (χ4v) is 4.45. The zero-order valence-electron chi connectivity index (χ0n) is 19.3. The molecule has 1 amide bonds. The molecule has 2 heterocycles. The molecule has 0 unspecified atom stereocenters. The molecule has 0 spiro atoms. The zero-order chi connectivity index (χ0) is 23.6. The van der Waals surface area contributed by atoms with Gasteiger partial charge in [0.05, 0.1) is 12.2 Å². The molecule has 0 saturated carbocycles. The molecule has 0 radical (unpaired) electrons. The van der Waals surface area contributed by atoms with Gasteiger partial charge in [-0.1, -0.05) is 34.6 Å². The first-order valence-electron chi connectivity index (χ1n) is 10.6. The van der Waals surface area contributed by atoms with Gasteiger partial charge in [-0.05, 0) is 42.5 Å². The van der Waals surface area contributed by atoms with E-state index in [1.165, 1.54) is 0 Å². The fourth-order valence-electron chi connectivity index (χ4n) is 3.53. The maximum absolute atomic E-state index is 13.0. The predicted octanol–water partition coefficient (Wildman–Crippen LogP) is 6.74. The Bertz CT molecular complexity index is 906. The number of nitrogens with zero attached hydrogens (tertiary/aromatic N) is 2. The van der Waals surface area contributed by atoms with Crippen LogP contribution in [0.15, 0.2) is 12.1 Å². The molecular formula is C23H32F3N3OS. The third-order valence-electron chi connectivity index (χ3n) is 4.81. The van der Waals surface area contributed by atoms with Crippen molar-refractivity contribution in [1.29, 1.82) is 0 Å². The Kier molecular flexibility index (Phi) is 7.79. The van der Waals surface area contributed by atoms with Crippen molar-refractivity contribution in [3.8, 4) is 0 Å². The van der Waals surface area contributed by atoms with Crippen molar-refractivity contribution in [1.82, 2.24) is 4.98 Å². The third kappa shape index (κ3) is 6.45. The lowest BCUT2D eigenvalue weighted by atomic mass is 9.92. The summed E-state index contributed by atoms with van der Waals surface area (Å²) in [4.78, 5) is 18.9. The smallest absolute Gasteiger partial charge is 0.365 e. The lowest BCUT2D eigenvalue weighted by Crippen LogP contribution is -2.30. The van der Waals surface area contributed by atoms with Crippen LogP contribution < -0.4 is 10.2 Å². The summed E-state index contributed by atoms with van der Waals surface area (Å²) in [7, 11) is 0. The van der Waals surface area contributed by atoms with Crippen molar-refractivity contribution in [3.05, 3.63) is 38.8 Å². The van der Waals surface area contributed by atoms with Crippen LogP contribution in [0.3, 0.4) is 0 Å². The molecule has 1 aromatic heterocycles. The van der Waals surface area contributed by atoms with Gasteiger partial charge >= 0.3 is 6.18 Å². The maximum atomic E-state index is 13.0. The van der Waals surface area contributed by atoms with Crippen LogP contribution in [-0.4, -0.2) is 17.4 Å². The van der Waals surface area contributed by atoms with Crippen LogP contribution in [0.25, 0.3) is 0 Å². The Morgan fingerprint density at radius 1 is 1.16 bits per heavy atom. The van der Waals surface area contributed by atoms with Gasteiger partial charge in [-0.2, -0.15) is 13.2 Å². The highest BCUT2D eigenvalue weighted by atomic mass is 32.1. The lowest BCUT2D eigenvalue weighted by Gasteiger charge is -2.29. The summed E-state index contributed by atoms with van der Waals surface area (Å²) < 4.78 is 38.9. The number of halogens is 3. The minimum absolute atomic E-state index is 0.0267. The average Bonchev–Trinajstić information content (AvgIpc) is 3.08. The van der Waals surface area contributed by atoms with Crippen LogP contribution in [-0.2, 0) is 23.9 Å². The molecule has 8 heteroatoms. The number of aryl methyl sites for hydroxylation is 2. The van der Waals surface area contributed by atoms with Crippen molar-refractivity contribution in [2.45, 2.75) is 74.0 Å². The molecule has 1 aliphatic heterocycles. The molecule has 4 nitrogen and oxygen atoms in total. The van der Waals surface area contributed by atoms with Gasteiger partial charge in [0.1, 0.15) is 0 Å². The Labute approximate surface area is 186 Å². The van der Waals surface area contributed by atoms with Crippen LogP contribution in [0.4, 0.5) is 24.5 Å². The zero-order valence-corrected chi connectivity index (χ0v) is 20.1. The van der Waals surface area contributed by atoms with E-state index in [-0.39, 0.29) is 11.3 Å². The van der Waals surface area contributed by atoms with Crippen LogP contribution in [0, 0.1) is 19.3 Å². The van der Waals surface area contributed by atoms with Gasteiger partial charge < -0.3 is 10.2 Å². The van der Waals surface area contributed by atoms with E-state index in [0.29, 0.717) is 36.5 Å². The molecule has 172 valence electrons. The minimum atomic E-state index is -4.40. The molecule has 1 N–H and O–H groups in total. The lowest BCUT2D eigenvalue weighted by molar-refractivity contribution is -0.137. The molecule has 2 aromatic rings. The summed E-state index contributed by atoms with van der Waals surface area (Å²) in [5.74, 6) is -0.0267. The van der Waals surface area contributed by atoms with E-state index in [0.717, 1.165) is 33.8 Å². The minimum Gasteiger partial charge on any atom is -0.365 e. The Balaban J connectivity index is 0.00000166. The quantitative estimate of drug-likeness (QED) is 0.557. The highest BCUT2D eigenvalue weighted by molar-refractivity contribution is 7.11. The molecule has 0 aliphatic carbocycles. The van der Waals surface area contributed by atoms with Crippen LogP contribution in [0.5, 0.6) is 0 Å². The van der Waals surface area contributed by atoms with Gasteiger partial charge in [0.2, 0.25) is 5.91 Å². The van der Waals surface area contributed by atoms with Crippen molar-refractivity contribution >= 4 is 28.6 Å². The summed E-state index contributed by atoms with van der Waals surface area (Å²) in [6.07, 6.45) is -3.42. The van der Waals surface area contributed by atoms with Crippen LogP contribution >= 0.6 is 11.3 Å². The second kappa shape index (κ2) is 9.59. The second-order valence-electron chi connectivity index (χ2n) is 8.80. The molecule has 3 rings (SSSR count). The number of carbonyl (C=O) groups is 1. The van der Waals surface area contributed by atoms with Gasteiger partial charge in [-0.25, -0.2) is 4.98 Å². The van der Waals surface area contributed by atoms with Crippen molar-refractivity contribution in [2.75, 3.05) is 16.8 Å². The third-order valence-corrected chi connectivity index (χ3v) is 6.01. The van der Waals surface area contributed by atoms with E-state index in [1.54, 1.807) is 0 Å². The van der Waals surface area contributed by atoms with E-state index < -0.39 is 11.2 Å². The Morgan fingerprint density at radius 3 is 2.26 bits per heavy atom. The Morgan fingerprint density at radius 2 is 1.74 bits per heavy atom. The van der Waals surface area contributed by atoms with E-state index >= 15 is 0 Å². The largest absolute Gasteiger partial charge is 0.443 e. The first kappa shape index (κ1) is 25.2. The summed E-state index contributed by atoms with van der Waals surface area (Å²) in [5.41, 5.74) is 4.01. The van der Waals surface area contributed by atoms with Crippen LogP contribution in [0.2, 0.25) is 0 Å². The van der Waals surface area contributed by atoms with Gasteiger partial charge in [0.25, 0.3) is 0 Å². The van der Waals surface area contributed by atoms with Gasteiger partial charge in [0, 0.05) is 35.6 Å². The molecule has 1 aromatic carbocycles. The maximum Gasteiger partial charge on any atom is 0.443 e. The van der Waals surface area contributed by atoms with E-state index in [9.17, 15) is 18.0 Å². The number of fused-ring (bicyclic) bond motifs is 1. The van der Waals surface area contributed by atoms with Crippen LogP contribution in [0.1, 0.15) is 67.7 Å². The summed E-state index contributed by atoms with van der Waals surface area (Å²) in [6, 6.07) is 3.95. The summed E-state index contributed by atoms with van der Waals surface area (Å²) in [6.45, 7) is 14.9. The van der Waals surface area contributed by atoms with Crippen molar-refractivity contribution in [2.24, 2.45) is 5.41 Å². The van der Waals surface area contributed by atoms with Gasteiger partial charge in [-0.15, -0.1) is 11.3 Å². The number of alkyl halides is 3. The molecule has 0 atom stereocenters. The van der Waals surface area contributed by atoms with Gasteiger partial charge in [-0.3, -0.25) is 4.79 Å². The number of rotatable bonds is 3. The molecule has 31 heavy (non-hydrogen) atoms. The molecule has 0 fully saturated rings. The number of nitrogens with one attached hydrogen (secondary N) is 1. The normalized spacial score (nSPS) is 13.9. The number of thiazole rings is 1. The van der Waals surface area contributed by atoms with E-state index in [1.807, 2.05) is 65.5 Å². The molecule has 1 aliphatic rings. The fraction of sp³-hybridized carbons (Fsp3) is 0.565. The number of hydrogen-bond donors (Lipinski definition) is 1. The first-order valence-corrected chi connectivity index (χ1v) is 11.4. The Hall–Kier alpha value is -2.09. The van der Waals surface area contributed by atoms with E-state index in [2.05, 4.69) is 10.3 Å². The second-order valence-corrected chi connectivity index (χ2v) is 9.88. The van der Waals surface area contributed by atoms with E-state index in [4.69, 9.17) is 0 Å². The number of carbonyl (C=O) groups excluding carboxylic acids is 1. The number of aromatic nitrogens is 1. The number of anilines is 2. The summed E-state index contributed by atoms with van der Waals surface area (Å²) >= 11 is 0.749. The number of amides is 1. The highest BCUT2D eigenvalue weighted by Gasteiger charge is 2.37. The number of hydrogen-bond acceptors (Lipinski definition) is 4. The standard InChI is InChI=1S/C21H26F3N3OS.C2H6/c1-12-8-14(9-13(2)18(12)26-17(28)10-20(3,4)5)27-7-6-16-15(11-27)25-19(29-16)21(22,23)24;1-2/h8-9H,6-7,10-11H2,1-5H3,(H,26,28);1-2H3. The monoisotopic (exact) mass is 455 g/mol. The highest BCUT2D eigenvalue weighted by Crippen LogP contribution is 2.37. The topological polar surface area (TPSA) is 45.2 Å².